The largest absolute Gasteiger partial charge is 0.455 e. The summed E-state index contributed by atoms with van der Waals surface area (Å²) in [5, 5.41) is 3.90. The monoisotopic (exact) mass is 1180 g/mol. The van der Waals surface area contributed by atoms with Crippen LogP contribution in [0, 0.1) is 0 Å². The first kappa shape index (κ1) is 53.3. The lowest BCUT2D eigenvalue weighted by molar-refractivity contribution is 0.660. The van der Waals surface area contributed by atoms with Gasteiger partial charge in [0.15, 0.2) is 34.9 Å². The van der Waals surface area contributed by atoms with Crippen LogP contribution in [0.3, 0.4) is 0 Å². The minimum atomic E-state index is -0.193. The maximum absolute atomic E-state index is 7.44. The van der Waals surface area contributed by atoms with Crippen molar-refractivity contribution in [2.45, 2.75) is 38.5 Å². The molecule has 0 spiro atoms. The Bertz CT molecular complexity index is 5650. The van der Waals surface area contributed by atoms with Gasteiger partial charge >= 0.3 is 0 Å². The zero-order valence-corrected chi connectivity index (χ0v) is 50.9. The van der Waals surface area contributed by atoms with Gasteiger partial charge in [0.2, 0.25) is 0 Å². The lowest BCUT2D eigenvalue weighted by atomic mass is 9.81. The van der Waals surface area contributed by atoms with Gasteiger partial charge in [-0.05, 0) is 91.0 Å². The molecule has 0 unspecified atom stereocenters. The van der Waals surface area contributed by atoms with E-state index < -0.39 is 0 Å². The minimum absolute atomic E-state index is 0.148. The van der Waals surface area contributed by atoms with Crippen molar-refractivity contribution in [3.8, 4) is 124 Å². The highest BCUT2D eigenvalue weighted by Gasteiger charge is 2.38. The molecule has 92 heavy (non-hydrogen) atoms. The fourth-order valence-corrected chi connectivity index (χ4v) is 14.7. The molecule has 0 saturated heterocycles. The molecule has 12 aromatic carbocycles. The van der Waals surface area contributed by atoms with Crippen LogP contribution >= 0.6 is 0 Å². The highest BCUT2D eigenvalue weighted by Crippen LogP contribution is 2.55. The van der Waals surface area contributed by atoms with Gasteiger partial charge in [0.1, 0.15) is 22.3 Å². The first-order valence-electron chi connectivity index (χ1n) is 31.3. The zero-order valence-electron chi connectivity index (χ0n) is 50.9. The Morgan fingerprint density at radius 2 is 0.609 bits per heavy atom. The van der Waals surface area contributed by atoms with E-state index in [4.69, 9.17) is 38.7 Å². The third-order valence-corrected chi connectivity index (χ3v) is 19.2. The van der Waals surface area contributed by atoms with Crippen molar-refractivity contribution in [1.29, 1.82) is 0 Å². The van der Waals surface area contributed by atoms with Crippen LogP contribution in [0.25, 0.3) is 168 Å². The first-order chi connectivity index (χ1) is 45.1. The second-order valence-corrected chi connectivity index (χ2v) is 25.2. The molecular formula is C84H56N6O2. The molecule has 16 aromatic rings. The number of benzene rings is 12. The lowest BCUT2D eigenvalue weighted by Crippen LogP contribution is -2.14. The average Bonchev–Trinajstić information content (AvgIpc) is 1.58. The number of aromatic nitrogens is 6. The molecule has 4 aromatic heterocycles. The van der Waals surface area contributed by atoms with Gasteiger partial charge in [-0.1, -0.05) is 270 Å². The Morgan fingerprint density at radius 3 is 1.26 bits per heavy atom. The molecule has 0 amide bonds. The fourth-order valence-electron chi connectivity index (χ4n) is 14.7. The van der Waals surface area contributed by atoms with Crippen molar-refractivity contribution in [3.63, 3.8) is 0 Å². The third-order valence-electron chi connectivity index (χ3n) is 19.2. The molecular weight excluding hydrogens is 1120 g/mol. The van der Waals surface area contributed by atoms with E-state index in [1.807, 2.05) is 91.0 Å². The molecule has 2 aliphatic carbocycles. The Morgan fingerprint density at radius 1 is 0.228 bits per heavy atom. The van der Waals surface area contributed by atoms with E-state index in [1.165, 1.54) is 44.5 Å². The van der Waals surface area contributed by atoms with Crippen LogP contribution in [-0.4, -0.2) is 29.9 Å². The summed E-state index contributed by atoms with van der Waals surface area (Å²) in [6.07, 6.45) is 0. The van der Waals surface area contributed by atoms with Crippen LogP contribution in [-0.2, 0) is 10.8 Å². The first-order valence-corrected chi connectivity index (χ1v) is 31.3. The van der Waals surface area contributed by atoms with Gasteiger partial charge in [0.25, 0.3) is 0 Å². The number of para-hydroxylation sites is 3. The van der Waals surface area contributed by atoms with Gasteiger partial charge in [-0.2, -0.15) is 0 Å². The van der Waals surface area contributed by atoms with Crippen molar-refractivity contribution in [1.82, 2.24) is 29.9 Å². The summed E-state index contributed by atoms with van der Waals surface area (Å²) in [7, 11) is 0. The van der Waals surface area contributed by atoms with Crippen LogP contribution in [0.5, 0.6) is 0 Å². The predicted molar refractivity (Wildman–Crippen MR) is 372 cm³/mol. The quantitative estimate of drug-likeness (QED) is 0.141. The van der Waals surface area contributed by atoms with Crippen LogP contribution in [0.2, 0.25) is 0 Å². The van der Waals surface area contributed by atoms with Gasteiger partial charge in [0.05, 0.1) is 11.1 Å². The number of rotatable bonds is 9. The number of furan rings is 2. The summed E-state index contributed by atoms with van der Waals surface area (Å²) in [5.41, 5.74) is 24.1. The van der Waals surface area contributed by atoms with Gasteiger partial charge in [-0.25, -0.2) is 29.9 Å². The Balaban J connectivity index is 0.817. The summed E-state index contributed by atoms with van der Waals surface area (Å²) in [5.74, 6) is 3.20. The summed E-state index contributed by atoms with van der Waals surface area (Å²) in [6.45, 7) is 9.29. The van der Waals surface area contributed by atoms with Crippen molar-refractivity contribution >= 4 is 43.9 Å². The molecule has 18 rings (SSSR count). The Labute approximate surface area is 531 Å². The van der Waals surface area contributed by atoms with E-state index in [0.29, 0.717) is 46.1 Å². The molecule has 0 saturated carbocycles. The van der Waals surface area contributed by atoms with Crippen molar-refractivity contribution in [2.24, 2.45) is 0 Å². The van der Waals surface area contributed by atoms with E-state index in [2.05, 4.69) is 204 Å². The Kier molecular flexibility index (Phi) is 11.8. The Hall–Kier alpha value is -11.7. The molecule has 0 atom stereocenters. The molecule has 434 valence electrons. The molecule has 4 heterocycles. The molecule has 0 aliphatic heterocycles. The number of hydrogen-bond donors (Lipinski definition) is 0. The van der Waals surface area contributed by atoms with Crippen molar-refractivity contribution in [3.05, 3.63) is 289 Å². The summed E-state index contributed by atoms with van der Waals surface area (Å²) in [6, 6.07) is 93.5. The summed E-state index contributed by atoms with van der Waals surface area (Å²) < 4.78 is 14.7. The van der Waals surface area contributed by atoms with Crippen molar-refractivity contribution in [2.75, 3.05) is 0 Å². The molecule has 0 N–H and O–H groups in total. The van der Waals surface area contributed by atoms with E-state index in [1.54, 1.807) is 0 Å². The average molecular weight is 1180 g/mol. The van der Waals surface area contributed by atoms with Crippen LogP contribution < -0.4 is 0 Å². The van der Waals surface area contributed by atoms with Gasteiger partial charge in [-0.3, -0.25) is 0 Å². The van der Waals surface area contributed by atoms with Crippen LogP contribution in [0.1, 0.15) is 49.9 Å². The number of hydrogen-bond acceptors (Lipinski definition) is 8. The van der Waals surface area contributed by atoms with Crippen LogP contribution in [0.15, 0.2) is 276 Å². The highest BCUT2D eigenvalue weighted by molar-refractivity contribution is 6.19. The summed E-state index contributed by atoms with van der Waals surface area (Å²) in [4.78, 5) is 31.6. The SMILES string of the molecule is CC1(C)c2ccccc2-c2ccc(-c3cccc4c3oc3c(-c5nc(-c6ccccc6)nc(-c6ccccc6)n5)ccc(-c5cccc(-c6nc(-c7ccccc7)nc(-c7cccc8c7oc7c(-c9cccc%10c9-c9ccccc9C%10(C)C)cccc78)n6)c5)c34)cc21. The minimum Gasteiger partial charge on any atom is -0.455 e. The molecule has 0 bridgehead atoms. The van der Waals surface area contributed by atoms with Crippen LogP contribution in [0.4, 0.5) is 0 Å². The summed E-state index contributed by atoms with van der Waals surface area (Å²) >= 11 is 0. The molecule has 0 fully saturated rings. The maximum atomic E-state index is 7.44. The fraction of sp³-hybridized carbons (Fsp3) is 0.0714. The van der Waals surface area contributed by atoms with Gasteiger partial charge < -0.3 is 8.83 Å². The van der Waals surface area contributed by atoms with Crippen molar-refractivity contribution < 1.29 is 8.83 Å². The second-order valence-electron chi connectivity index (χ2n) is 25.2. The topological polar surface area (TPSA) is 104 Å². The van der Waals surface area contributed by atoms with E-state index in [9.17, 15) is 0 Å². The number of nitrogens with zero attached hydrogens (tertiary/aromatic N) is 6. The molecule has 2 aliphatic rings. The van der Waals surface area contributed by atoms with E-state index >= 15 is 0 Å². The number of fused-ring (bicyclic) bond motifs is 12. The van der Waals surface area contributed by atoms with Gasteiger partial charge in [0, 0.05) is 65.8 Å². The lowest BCUT2D eigenvalue weighted by Gasteiger charge is -2.22. The molecule has 0 radical (unpaired) electrons. The molecule has 8 nitrogen and oxygen atoms in total. The maximum Gasteiger partial charge on any atom is 0.167 e. The van der Waals surface area contributed by atoms with E-state index in [-0.39, 0.29) is 10.8 Å². The van der Waals surface area contributed by atoms with Gasteiger partial charge in [-0.15, -0.1) is 0 Å². The third kappa shape index (κ3) is 8.23. The predicted octanol–water partition coefficient (Wildman–Crippen LogP) is 21.5. The molecule has 8 heteroatoms. The smallest absolute Gasteiger partial charge is 0.167 e. The standard InChI is InChI=1S/C84H56N6O2/c1-83(2)68-41-17-15-32-63(68)71-59(34-22-42-69(71)83)60-35-20-36-61-62-37-21-39-65(75(62)91-74(60)61)81-87-79(51-27-12-7-13-28-51)86-80(90-81)54-30-18-29-52(47-54)55-45-46-66(82-88-77(49-23-8-5-9-24-49)85-78(89-82)50-25-10-6-11-26-50)76-72(55)64-38-19-33-56(73(64)92-76)53-43-44-58-57-31-14-16-40-67(57)84(3,4)70(58)48-53/h5-48H,1-4H3. The van der Waals surface area contributed by atoms with E-state index in [0.717, 1.165) is 99.5 Å². The zero-order chi connectivity index (χ0) is 61.4. The highest BCUT2D eigenvalue weighted by atomic mass is 16.3. The second kappa shape index (κ2) is 20.4. The normalized spacial score (nSPS) is 13.4.